The highest BCUT2D eigenvalue weighted by molar-refractivity contribution is 6.02. The lowest BCUT2D eigenvalue weighted by molar-refractivity contribution is -0.0926. The van der Waals surface area contributed by atoms with E-state index in [2.05, 4.69) is 25.5 Å². The first-order chi connectivity index (χ1) is 16.9. The first-order valence-corrected chi connectivity index (χ1v) is 11.7. The fourth-order valence-corrected chi connectivity index (χ4v) is 3.57. The van der Waals surface area contributed by atoms with Crippen LogP contribution in [0.2, 0.25) is 0 Å². The van der Waals surface area contributed by atoms with Gasteiger partial charge in [0.25, 0.3) is 0 Å². The SMILES string of the molecule is C\C=C/C(=C\C=C\NC1=NC=C(C(F)(F)F)CC(=NCc2ccco2)N1)OCCCN1CCCC1. The molecule has 0 atom stereocenters. The molecule has 1 aromatic rings. The molecule has 35 heavy (non-hydrogen) atoms. The summed E-state index contributed by atoms with van der Waals surface area (Å²) in [6.07, 6.45) is 9.67. The largest absolute Gasteiger partial charge is 0.494 e. The van der Waals surface area contributed by atoms with Gasteiger partial charge in [0, 0.05) is 25.4 Å². The van der Waals surface area contributed by atoms with Gasteiger partial charge < -0.3 is 24.7 Å². The van der Waals surface area contributed by atoms with Crippen LogP contribution in [0, 0.1) is 0 Å². The molecule has 0 unspecified atom stereocenters. The Bertz CT molecular complexity index is 970. The molecule has 3 rings (SSSR count). The minimum atomic E-state index is -4.50. The third-order valence-corrected chi connectivity index (χ3v) is 5.33. The topological polar surface area (TPSA) is 74.4 Å². The molecule has 0 amide bonds. The lowest BCUT2D eigenvalue weighted by atomic mass is 10.2. The van der Waals surface area contributed by atoms with Crippen molar-refractivity contribution in [2.75, 3.05) is 26.2 Å². The van der Waals surface area contributed by atoms with E-state index in [1.807, 2.05) is 19.1 Å². The van der Waals surface area contributed by atoms with Crippen molar-refractivity contribution in [3.8, 4) is 0 Å². The van der Waals surface area contributed by atoms with E-state index in [1.54, 1.807) is 30.5 Å². The summed E-state index contributed by atoms with van der Waals surface area (Å²) in [5.41, 5.74) is -0.790. The number of halogens is 3. The Morgan fingerprint density at radius 3 is 2.89 bits per heavy atom. The van der Waals surface area contributed by atoms with Gasteiger partial charge in [0.15, 0.2) is 0 Å². The molecule has 0 spiro atoms. The van der Waals surface area contributed by atoms with Gasteiger partial charge in [0.2, 0.25) is 5.96 Å². The van der Waals surface area contributed by atoms with Crippen molar-refractivity contribution < 1.29 is 22.3 Å². The molecular weight excluding hydrogens is 459 g/mol. The molecule has 0 saturated carbocycles. The van der Waals surface area contributed by atoms with Crippen molar-refractivity contribution in [2.24, 2.45) is 9.98 Å². The van der Waals surface area contributed by atoms with Gasteiger partial charge in [-0.15, -0.1) is 0 Å². The predicted octanol–water partition coefficient (Wildman–Crippen LogP) is 5.04. The zero-order chi connectivity index (χ0) is 24.9. The van der Waals surface area contributed by atoms with Crippen LogP contribution in [0.25, 0.3) is 0 Å². The number of hydrogen-bond donors (Lipinski definition) is 2. The van der Waals surface area contributed by atoms with Crippen molar-refractivity contribution in [1.82, 2.24) is 15.5 Å². The van der Waals surface area contributed by atoms with Gasteiger partial charge >= 0.3 is 6.18 Å². The molecule has 190 valence electrons. The molecule has 3 heterocycles. The van der Waals surface area contributed by atoms with Crippen LogP contribution in [0.3, 0.4) is 0 Å². The molecule has 1 saturated heterocycles. The van der Waals surface area contributed by atoms with Gasteiger partial charge in [0.1, 0.15) is 17.4 Å². The van der Waals surface area contributed by atoms with Crippen molar-refractivity contribution in [3.63, 3.8) is 0 Å². The second-order valence-electron chi connectivity index (χ2n) is 8.10. The van der Waals surface area contributed by atoms with Gasteiger partial charge in [0.05, 0.1) is 25.0 Å². The smallest absolute Gasteiger partial charge is 0.414 e. The van der Waals surface area contributed by atoms with E-state index in [9.17, 15) is 13.2 Å². The Labute approximate surface area is 203 Å². The molecule has 2 N–H and O–H groups in total. The fourth-order valence-electron chi connectivity index (χ4n) is 3.57. The molecule has 1 fully saturated rings. The van der Waals surface area contributed by atoms with E-state index in [1.165, 1.54) is 32.2 Å². The summed E-state index contributed by atoms with van der Waals surface area (Å²) in [4.78, 5) is 10.6. The van der Waals surface area contributed by atoms with Crippen LogP contribution in [0.5, 0.6) is 0 Å². The lowest BCUT2D eigenvalue weighted by Crippen LogP contribution is -2.38. The molecule has 0 radical (unpaired) electrons. The number of nitrogens with zero attached hydrogens (tertiary/aromatic N) is 3. The highest BCUT2D eigenvalue weighted by Crippen LogP contribution is 2.29. The highest BCUT2D eigenvalue weighted by atomic mass is 19.4. The molecular formula is C25H32F3N5O2. The number of ether oxygens (including phenoxy) is 1. The second-order valence-corrected chi connectivity index (χ2v) is 8.10. The van der Waals surface area contributed by atoms with Gasteiger partial charge in [-0.3, -0.25) is 4.99 Å². The first kappa shape index (κ1) is 26.3. The van der Waals surface area contributed by atoms with Crippen molar-refractivity contribution in [2.45, 2.75) is 45.3 Å². The summed E-state index contributed by atoms with van der Waals surface area (Å²) in [6, 6.07) is 3.41. The Balaban J connectivity index is 1.57. The predicted molar refractivity (Wildman–Crippen MR) is 131 cm³/mol. The van der Waals surface area contributed by atoms with E-state index in [0.29, 0.717) is 18.1 Å². The molecule has 7 nitrogen and oxygen atoms in total. The van der Waals surface area contributed by atoms with Crippen LogP contribution < -0.4 is 10.6 Å². The molecule has 0 bridgehead atoms. The van der Waals surface area contributed by atoms with Gasteiger partial charge in [-0.25, -0.2) is 4.99 Å². The number of guanidine groups is 1. The second kappa shape index (κ2) is 13.6. The molecule has 2 aliphatic heterocycles. The number of allylic oxidation sites excluding steroid dienone is 4. The van der Waals surface area contributed by atoms with Crippen LogP contribution in [-0.2, 0) is 11.3 Å². The van der Waals surface area contributed by atoms with Crippen molar-refractivity contribution in [3.05, 3.63) is 72.2 Å². The minimum absolute atomic E-state index is 0.119. The van der Waals surface area contributed by atoms with E-state index < -0.39 is 18.2 Å². The average molecular weight is 492 g/mol. The number of furan rings is 1. The van der Waals surface area contributed by atoms with Gasteiger partial charge in [-0.1, -0.05) is 6.08 Å². The van der Waals surface area contributed by atoms with Crippen LogP contribution in [0.15, 0.2) is 80.8 Å². The Morgan fingerprint density at radius 1 is 1.34 bits per heavy atom. The zero-order valence-corrected chi connectivity index (χ0v) is 19.9. The summed E-state index contributed by atoms with van der Waals surface area (Å²) >= 11 is 0. The molecule has 0 aliphatic carbocycles. The maximum Gasteiger partial charge on any atom is 0.414 e. The zero-order valence-electron chi connectivity index (χ0n) is 19.9. The number of nitrogens with one attached hydrogen (secondary N) is 2. The summed E-state index contributed by atoms with van der Waals surface area (Å²) < 4.78 is 51.0. The molecule has 0 aromatic carbocycles. The van der Waals surface area contributed by atoms with Gasteiger partial charge in [-0.2, -0.15) is 13.2 Å². The lowest BCUT2D eigenvalue weighted by Gasteiger charge is -2.14. The van der Waals surface area contributed by atoms with Crippen LogP contribution >= 0.6 is 0 Å². The summed E-state index contributed by atoms with van der Waals surface area (Å²) in [6.45, 7) is 6.00. The third-order valence-electron chi connectivity index (χ3n) is 5.33. The number of likely N-dealkylation sites (tertiary alicyclic amines) is 1. The number of alkyl halides is 3. The average Bonchev–Trinajstić information content (AvgIpc) is 3.49. The van der Waals surface area contributed by atoms with E-state index in [4.69, 9.17) is 9.15 Å². The molecule has 1 aromatic heterocycles. The monoisotopic (exact) mass is 491 g/mol. The molecule has 10 heteroatoms. The molecule has 2 aliphatic rings. The van der Waals surface area contributed by atoms with Crippen molar-refractivity contribution >= 4 is 11.8 Å². The standard InChI is InChI=1S/C25H32F3N5O2/c1-2-8-21(34-16-7-14-33-12-3-4-13-33)9-5-11-29-24-31-18-20(25(26,27)28)17-23(32-24)30-19-22-10-6-15-35-22/h2,5-6,8-11,15,18H,3-4,7,12-14,16-17,19H2,1H3,(H2,29,30,31,32)/b8-2-,11-5+,21-9+. The van der Waals surface area contributed by atoms with E-state index >= 15 is 0 Å². The van der Waals surface area contributed by atoms with Gasteiger partial charge in [-0.05, 0) is 69.6 Å². The third kappa shape index (κ3) is 9.48. The van der Waals surface area contributed by atoms with Crippen LogP contribution in [-0.4, -0.2) is 49.1 Å². The van der Waals surface area contributed by atoms with Crippen LogP contribution in [0.4, 0.5) is 13.2 Å². The summed E-state index contributed by atoms with van der Waals surface area (Å²) in [7, 11) is 0. The van der Waals surface area contributed by atoms with E-state index in [0.717, 1.165) is 19.2 Å². The summed E-state index contributed by atoms with van der Waals surface area (Å²) in [5, 5.41) is 5.71. The normalized spacial score (nSPS) is 19.2. The quantitative estimate of drug-likeness (QED) is 0.273. The Hall–Kier alpha value is -3.27. The number of aliphatic imine (C=N–C) groups is 2. The van der Waals surface area contributed by atoms with Crippen molar-refractivity contribution in [1.29, 1.82) is 0 Å². The first-order valence-electron chi connectivity index (χ1n) is 11.7. The number of amidine groups is 1. The number of hydrogen-bond acceptors (Lipinski definition) is 6. The maximum absolute atomic E-state index is 13.3. The summed E-state index contributed by atoms with van der Waals surface area (Å²) in [5.74, 6) is 1.51. The Kier molecular flexibility index (Phi) is 10.2. The van der Waals surface area contributed by atoms with Crippen LogP contribution in [0.1, 0.15) is 38.4 Å². The van der Waals surface area contributed by atoms with E-state index in [-0.39, 0.29) is 18.3 Å². The highest BCUT2D eigenvalue weighted by Gasteiger charge is 2.35. The maximum atomic E-state index is 13.3. The Morgan fingerprint density at radius 2 is 2.17 bits per heavy atom. The fraction of sp³-hybridized carbons (Fsp3) is 0.440. The minimum Gasteiger partial charge on any atom is -0.494 e. The number of rotatable bonds is 10.